The molecular weight excluding hydrogens is 354 g/mol. The number of carbonyl (C=O) groups is 1. The first kappa shape index (κ1) is 19.4. The molecule has 1 amide bonds. The summed E-state index contributed by atoms with van der Waals surface area (Å²) in [6, 6.07) is 7.20. The lowest BCUT2D eigenvalue weighted by Gasteiger charge is -2.06. The minimum absolute atomic E-state index is 0. The normalized spacial score (nSPS) is 10.2. The van der Waals surface area contributed by atoms with Gasteiger partial charge in [0.05, 0.1) is 5.56 Å². The number of nitrogens with zero attached hydrogens (tertiary/aromatic N) is 3. The maximum absolute atomic E-state index is 12.6. The Morgan fingerprint density at radius 2 is 2.15 bits per heavy atom. The number of aromatic nitrogens is 4. The summed E-state index contributed by atoms with van der Waals surface area (Å²) in [5, 5.41) is 5.78. The zero-order valence-electron chi connectivity index (χ0n) is 14.3. The number of rotatable bonds is 6. The summed E-state index contributed by atoms with van der Waals surface area (Å²) in [5.74, 6) is 0.485. The maximum Gasteiger partial charge on any atom is 0.280 e. The molecule has 0 atom stereocenters. The van der Waals surface area contributed by atoms with Gasteiger partial charge in [0.1, 0.15) is 0 Å². The van der Waals surface area contributed by atoms with Crippen LogP contribution in [0.25, 0.3) is 16.9 Å². The van der Waals surface area contributed by atoms with Crippen LogP contribution in [-0.2, 0) is 11.3 Å². The summed E-state index contributed by atoms with van der Waals surface area (Å²) in [7, 11) is 0. The molecule has 3 heterocycles. The van der Waals surface area contributed by atoms with Crippen LogP contribution in [0.2, 0.25) is 0 Å². The second-order valence-corrected chi connectivity index (χ2v) is 5.62. The van der Waals surface area contributed by atoms with Crippen LogP contribution < -0.4 is 10.9 Å². The monoisotopic (exact) mass is 373 g/mol. The summed E-state index contributed by atoms with van der Waals surface area (Å²) >= 11 is 0. The van der Waals surface area contributed by atoms with Crippen LogP contribution in [0.5, 0.6) is 0 Å². The molecule has 0 fully saturated rings. The van der Waals surface area contributed by atoms with Crippen LogP contribution in [0.1, 0.15) is 25.3 Å². The first-order valence-corrected chi connectivity index (χ1v) is 8.12. The first-order chi connectivity index (χ1) is 12.2. The number of amides is 1. The van der Waals surface area contributed by atoms with Crippen LogP contribution in [0.3, 0.4) is 0 Å². The molecule has 26 heavy (non-hydrogen) atoms. The molecule has 0 saturated carbocycles. The van der Waals surface area contributed by atoms with Crippen molar-refractivity contribution >= 4 is 18.3 Å². The fourth-order valence-electron chi connectivity index (χ4n) is 2.48. The molecule has 0 aliphatic rings. The number of H-pyrrole nitrogens is 1. The lowest BCUT2D eigenvalue weighted by molar-refractivity contribution is -0.121. The molecule has 136 valence electrons. The summed E-state index contributed by atoms with van der Waals surface area (Å²) in [6.07, 6.45) is 7.86. The SMILES string of the molecule is CCCC(=O)NCc1ccnc(-n2[nH]cc(-c3cccnc3)c2=O)c1.Cl. The average Bonchev–Trinajstić information content (AvgIpc) is 3.03. The van der Waals surface area contributed by atoms with Crippen LogP contribution in [0.15, 0.2) is 53.8 Å². The highest BCUT2D eigenvalue weighted by Crippen LogP contribution is 2.13. The van der Waals surface area contributed by atoms with E-state index in [1.54, 1.807) is 36.9 Å². The number of pyridine rings is 2. The Hall–Kier alpha value is -2.93. The smallest absolute Gasteiger partial charge is 0.280 e. The van der Waals surface area contributed by atoms with E-state index in [-0.39, 0.29) is 23.9 Å². The molecule has 3 aromatic rings. The molecule has 0 aromatic carbocycles. The van der Waals surface area contributed by atoms with Crippen LogP contribution in [-0.4, -0.2) is 25.7 Å². The topological polar surface area (TPSA) is 92.7 Å². The van der Waals surface area contributed by atoms with E-state index in [1.807, 2.05) is 19.1 Å². The Morgan fingerprint density at radius 1 is 1.31 bits per heavy atom. The van der Waals surface area contributed by atoms with Gasteiger partial charge in [-0.25, -0.2) is 9.67 Å². The van der Waals surface area contributed by atoms with Crippen LogP contribution >= 0.6 is 12.4 Å². The Labute approximate surface area is 156 Å². The second-order valence-electron chi connectivity index (χ2n) is 5.62. The van der Waals surface area contributed by atoms with Crippen molar-refractivity contribution in [2.45, 2.75) is 26.3 Å². The van der Waals surface area contributed by atoms with Gasteiger partial charge in [-0.15, -0.1) is 12.4 Å². The predicted octanol–water partition coefficient (Wildman–Crippen LogP) is 2.46. The molecule has 0 unspecified atom stereocenters. The van der Waals surface area contributed by atoms with E-state index in [9.17, 15) is 9.59 Å². The standard InChI is InChI=1S/C18H19N5O2.ClH/c1-2-4-17(24)21-10-13-6-8-20-16(9-13)23-18(25)15(12-22-23)14-5-3-7-19-11-14;/h3,5-9,11-12,22H,2,4,10H2,1H3,(H,21,24);1H. The van der Waals surface area contributed by atoms with E-state index in [0.29, 0.717) is 24.3 Å². The lowest BCUT2D eigenvalue weighted by atomic mass is 10.2. The molecule has 0 aliphatic heterocycles. The minimum atomic E-state index is -0.201. The minimum Gasteiger partial charge on any atom is -0.352 e. The second kappa shape index (κ2) is 8.96. The van der Waals surface area contributed by atoms with Gasteiger partial charge in [-0.1, -0.05) is 13.0 Å². The summed E-state index contributed by atoms with van der Waals surface area (Å²) in [4.78, 5) is 32.5. The quantitative estimate of drug-likeness (QED) is 0.694. The van der Waals surface area contributed by atoms with E-state index in [4.69, 9.17) is 0 Å². The molecule has 0 bridgehead atoms. The predicted molar refractivity (Wildman–Crippen MR) is 101 cm³/mol. The van der Waals surface area contributed by atoms with Crippen LogP contribution in [0, 0.1) is 0 Å². The number of carbonyl (C=O) groups excluding carboxylic acids is 1. The number of nitrogens with one attached hydrogen (secondary N) is 2. The lowest BCUT2D eigenvalue weighted by Crippen LogP contribution is -2.22. The molecule has 0 aliphatic carbocycles. The summed E-state index contributed by atoms with van der Waals surface area (Å²) < 4.78 is 1.37. The third-order valence-electron chi connectivity index (χ3n) is 3.75. The highest BCUT2D eigenvalue weighted by Gasteiger charge is 2.11. The Balaban J connectivity index is 0.00000243. The third-order valence-corrected chi connectivity index (χ3v) is 3.75. The Bertz CT molecular complexity index is 921. The first-order valence-electron chi connectivity index (χ1n) is 8.12. The van der Waals surface area contributed by atoms with Gasteiger partial charge in [0, 0.05) is 43.3 Å². The van der Waals surface area contributed by atoms with Gasteiger partial charge < -0.3 is 5.32 Å². The molecule has 8 heteroatoms. The van der Waals surface area contributed by atoms with E-state index >= 15 is 0 Å². The molecule has 0 spiro atoms. The van der Waals surface area contributed by atoms with E-state index in [1.165, 1.54) is 4.68 Å². The van der Waals surface area contributed by atoms with Gasteiger partial charge in [-0.3, -0.25) is 19.7 Å². The molecule has 7 nitrogen and oxygen atoms in total. The summed E-state index contributed by atoms with van der Waals surface area (Å²) in [5.41, 5.74) is 1.94. The van der Waals surface area contributed by atoms with Crippen molar-refractivity contribution in [2.75, 3.05) is 0 Å². The van der Waals surface area contributed by atoms with Crippen molar-refractivity contribution in [3.63, 3.8) is 0 Å². The van der Waals surface area contributed by atoms with E-state index in [2.05, 4.69) is 20.4 Å². The third kappa shape index (κ3) is 4.37. The number of aromatic amines is 1. The van der Waals surface area contributed by atoms with Crippen molar-refractivity contribution < 1.29 is 4.79 Å². The average molecular weight is 374 g/mol. The molecule has 0 radical (unpaired) electrons. The maximum atomic E-state index is 12.6. The van der Waals surface area contributed by atoms with Crippen molar-refractivity contribution in [1.29, 1.82) is 0 Å². The van der Waals surface area contributed by atoms with Gasteiger partial charge in [0.15, 0.2) is 5.82 Å². The number of hydrogen-bond acceptors (Lipinski definition) is 4. The molecule has 2 N–H and O–H groups in total. The zero-order valence-corrected chi connectivity index (χ0v) is 15.1. The fraction of sp³-hybridized carbons (Fsp3) is 0.222. The van der Waals surface area contributed by atoms with Crippen molar-refractivity contribution in [3.8, 4) is 16.9 Å². The van der Waals surface area contributed by atoms with Gasteiger partial charge in [0.25, 0.3) is 5.56 Å². The van der Waals surface area contributed by atoms with Gasteiger partial charge in [0.2, 0.25) is 5.91 Å². The van der Waals surface area contributed by atoms with E-state index < -0.39 is 0 Å². The summed E-state index contributed by atoms with van der Waals surface area (Å²) in [6.45, 7) is 2.36. The van der Waals surface area contributed by atoms with Gasteiger partial charge in [-0.05, 0) is 30.2 Å². The van der Waals surface area contributed by atoms with Gasteiger partial charge in [-0.2, -0.15) is 0 Å². The van der Waals surface area contributed by atoms with Crippen molar-refractivity contribution in [1.82, 2.24) is 25.1 Å². The largest absolute Gasteiger partial charge is 0.352 e. The van der Waals surface area contributed by atoms with Gasteiger partial charge >= 0.3 is 0 Å². The fourth-order valence-corrected chi connectivity index (χ4v) is 2.48. The molecule has 3 aromatic heterocycles. The molecule has 3 rings (SSSR count). The highest BCUT2D eigenvalue weighted by molar-refractivity contribution is 5.85. The van der Waals surface area contributed by atoms with Crippen LogP contribution in [0.4, 0.5) is 0 Å². The van der Waals surface area contributed by atoms with E-state index in [0.717, 1.165) is 17.5 Å². The number of hydrogen-bond donors (Lipinski definition) is 2. The molecular formula is C18H20ClN5O2. The number of halogens is 1. The van der Waals surface area contributed by atoms with Crippen molar-refractivity contribution in [2.24, 2.45) is 0 Å². The zero-order chi connectivity index (χ0) is 17.6. The Kier molecular flexibility index (Phi) is 6.68. The highest BCUT2D eigenvalue weighted by atomic mass is 35.5. The molecule has 0 saturated heterocycles. The van der Waals surface area contributed by atoms with Crippen molar-refractivity contribution in [3.05, 3.63) is 65.0 Å². The Morgan fingerprint density at radius 3 is 2.88 bits per heavy atom.